The molecule has 0 atom stereocenters. The Kier molecular flexibility index (Phi) is 14.0. The van der Waals surface area contributed by atoms with Crippen LogP contribution in [0.4, 0.5) is 15.8 Å². The van der Waals surface area contributed by atoms with Gasteiger partial charge in [-0.1, -0.05) is 32.9 Å². The van der Waals surface area contributed by atoms with E-state index in [1.807, 2.05) is 58.0 Å². The number of ether oxygens (including phenoxy) is 5. The highest BCUT2D eigenvalue weighted by atomic mass is 32.2. The van der Waals surface area contributed by atoms with Gasteiger partial charge in [-0.15, -0.1) is 0 Å². The van der Waals surface area contributed by atoms with Crippen molar-refractivity contribution >= 4 is 38.2 Å². The van der Waals surface area contributed by atoms with Crippen molar-refractivity contribution in [3.05, 3.63) is 107 Å². The number of nitrogens with zero attached hydrogens (tertiary/aromatic N) is 2. The zero-order valence-electron chi connectivity index (χ0n) is 32.8. The van der Waals surface area contributed by atoms with Crippen molar-refractivity contribution in [3.8, 4) is 22.6 Å². The minimum Gasteiger partial charge on any atom is -0.492 e. The fraction of sp³-hybridized carbons (Fsp3) is 0.357. The van der Waals surface area contributed by atoms with Gasteiger partial charge in [-0.25, -0.2) is 22.8 Å². The summed E-state index contributed by atoms with van der Waals surface area (Å²) in [5.41, 5.74) is 5.44. The number of halogens is 1. The van der Waals surface area contributed by atoms with E-state index in [4.69, 9.17) is 28.7 Å². The molecule has 56 heavy (non-hydrogen) atoms. The van der Waals surface area contributed by atoms with Gasteiger partial charge in [0.1, 0.15) is 24.0 Å². The van der Waals surface area contributed by atoms with Crippen LogP contribution in [0.25, 0.3) is 22.0 Å². The van der Waals surface area contributed by atoms with E-state index in [-0.39, 0.29) is 23.5 Å². The summed E-state index contributed by atoms with van der Waals surface area (Å²) in [5, 5.41) is 3.73. The number of fused-ring (bicyclic) bond motifs is 1. The van der Waals surface area contributed by atoms with E-state index < -0.39 is 21.7 Å². The molecule has 0 radical (unpaired) electrons. The van der Waals surface area contributed by atoms with E-state index in [9.17, 15) is 17.6 Å². The molecule has 0 saturated carbocycles. The third kappa shape index (κ3) is 11.7. The fourth-order valence-electron chi connectivity index (χ4n) is 5.91. The third-order valence-corrected chi connectivity index (χ3v) is 9.33. The first-order chi connectivity index (χ1) is 26.6. The molecule has 298 valence electrons. The lowest BCUT2D eigenvalue weighted by atomic mass is 9.86. The van der Waals surface area contributed by atoms with E-state index in [0.717, 1.165) is 33.9 Å². The van der Waals surface area contributed by atoms with Gasteiger partial charge in [-0.3, -0.25) is 9.52 Å². The Labute approximate surface area is 327 Å². The Morgan fingerprint density at radius 1 is 0.857 bits per heavy atom. The highest BCUT2D eigenvalue weighted by Crippen LogP contribution is 2.39. The molecule has 5 aromatic rings. The van der Waals surface area contributed by atoms with E-state index in [1.54, 1.807) is 37.6 Å². The number of amides is 1. The summed E-state index contributed by atoms with van der Waals surface area (Å²) in [7, 11) is -0.598. The van der Waals surface area contributed by atoms with E-state index in [2.05, 4.69) is 15.0 Å². The zero-order chi connectivity index (χ0) is 40.5. The summed E-state index contributed by atoms with van der Waals surface area (Å²) in [6.45, 7) is 10.4. The molecule has 1 heterocycles. The Hall–Kier alpha value is -5.15. The molecule has 0 fully saturated rings. The number of anilines is 2. The SMILES string of the molecule is COCCOCCOCCOc1cc(F)cc(Cc2ncc3cc(-c4cc(C(=O)Nc5cc(C(C)(C)C)cc(NS(C)(=O)=O)c5OC)ccc4C)ccc3n2)c1. The van der Waals surface area contributed by atoms with Gasteiger partial charge in [0.25, 0.3) is 5.91 Å². The smallest absolute Gasteiger partial charge is 0.255 e. The second-order valence-electron chi connectivity index (χ2n) is 14.3. The topological polar surface area (TPSA) is 147 Å². The van der Waals surface area contributed by atoms with Crippen molar-refractivity contribution in [1.29, 1.82) is 0 Å². The number of carbonyl (C=O) groups excluding carboxylic acids is 1. The number of aromatic nitrogens is 2. The average molecular weight is 789 g/mol. The molecule has 0 aliphatic rings. The zero-order valence-corrected chi connectivity index (χ0v) is 33.6. The van der Waals surface area contributed by atoms with E-state index in [1.165, 1.54) is 19.2 Å². The number of rotatable bonds is 18. The largest absolute Gasteiger partial charge is 0.492 e. The van der Waals surface area contributed by atoms with Crippen LogP contribution in [0.15, 0.2) is 72.9 Å². The molecule has 12 nitrogen and oxygen atoms in total. The first-order valence-corrected chi connectivity index (χ1v) is 20.0. The van der Waals surface area contributed by atoms with Gasteiger partial charge in [0, 0.05) is 36.7 Å². The number of methoxy groups -OCH3 is 2. The molecule has 0 saturated heterocycles. The van der Waals surface area contributed by atoms with E-state index >= 15 is 0 Å². The molecule has 14 heteroatoms. The van der Waals surface area contributed by atoms with Crippen LogP contribution in [0, 0.1) is 12.7 Å². The van der Waals surface area contributed by atoms with Crippen LogP contribution in [0.3, 0.4) is 0 Å². The first kappa shape index (κ1) is 42.0. The number of hydrogen-bond donors (Lipinski definition) is 2. The molecule has 5 rings (SSSR count). The lowest BCUT2D eigenvalue weighted by Crippen LogP contribution is -2.18. The molecule has 2 N–H and O–H groups in total. The van der Waals surface area contributed by atoms with Crippen molar-refractivity contribution in [3.63, 3.8) is 0 Å². The maximum atomic E-state index is 14.5. The van der Waals surface area contributed by atoms with Gasteiger partial charge in [-0.05, 0) is 88.7 Å². The molecular weight excluding hydrogens is 740 g/mol. The lowest BCUT2D eigenvalue weighted by molar-refractivity contribution is 0.0179. The van der Waals surface area contributed by atoms with Gasteiger partial charge in [0.05, 0.1) is 63.3 Å². The minimum absolute atomic E-state index is 0.196. The number of benzene rings is 4. The Morgan fingerprint density at radius 2 is 1.57 bits per heavy atom. The Morgan fingerprint density at radius 3 is 2.27 bits per heavy atom. The second-order valence-corrected chi connectivity index (χ2v) is 16.1. The fourth-order valence-corrected chi connectivity index (χ4v) is 6.47. The molecule has 1 aromatic heterocycles. The average Bonchev–Trinajstić information content (AvgIpc) is 3.13. The number of carbonyl (C=O) groups is 1. The van der Waals surface area contributed by atoms with Crippen LogP contribution >= 0.6 is 0 Å². The van der Waals surface area contributed by atoms with Crippen molar-refractivity contribution in [2.45, 2.75) is 39.5 Å². The highest BCUT2D eigenvalue weighted by Gasteiger charge is 2.23. The summed E-state index contributed by atoms with van der Waals surface area (Å²) in [4.78, 5) is 23.0. The Bertz CT molecular complexity index is 2280. The van der Waals surface area contributed by atoms with Gasteiger partial charge in [0.15, 0.2) is 5.75 Å². The van der Waals surface area contributed by atoms with Crippen LogP contribution in [0.2, 0.25) is 0 Å². The maximum absolute atomic E-state index is 14.5. The molecule has 0 aliphatic carbocycles. The molecule has 0 bridgehead atoms. The summed E-state index contributed by atoms with van der Waals surface area (Å²) in [6.07, 6.45) is 3.09. The second kappa shape index (κ2) is 18.7. The highest BCUT2D eigenvalue weighted by molar-refractivity contribution is 7.92. The van der Waals surface area contributed by atoms with Gasteiger partial charge in [-0.2, -0.15) is 0 Å². The van der Waals surface area contributed by atoms with Crippen LogP contribution in [0.5, 0.6) is 11.5 Å². The predicted molar refractivity (Wildman–Crippen MR) is 216 cm³/mol. The monoisotopic (exact) mass is 788 g/mol. The summed E-state index contributed by atoms with van der Waals surface area (Å²) >= 11 is 0. The normalized spacial score (nSPS) is 11.8. The number of sulfonamides is 1. The lowest BCUT2D eigenvalue weighted by Gasteiger charge is -2.24. The summed E-state index contributed by atoms with van der Waals surface area (Å²) in [6, 6.07) is 19.2. The number of aryl methyl sites for hydroxylation is 1. The quantitative estimate of drug-likeness (QED) is 0.0866. The maximum Gasteiger partial charge on any atom is 0.255 e. The molecule has 4 aromatic carbocycles. The first-order valence-electron chi connectivity index (χ1n) is 18.1. The Balaban J connectivity index is 1.29. The number of hydrogen-bond acceptors (Lipinski definition) is 10. The molecule has 0 aliphatic heterocycles. The van der Waals surface area contributed by atoms with Crippen molar-refractivity contribution in [2.75, 3.05) is 70.2 Å². The van der Waals surface area contributed by atoms with Gasteiger partial charge >= 0.3 is 0 Å². The van der Waals surface area contributed by atoms with Crippen molar-refractivity contribution in [2.24, 2.45) is 0 Å². The number of nitrogens with one attached hydrogen (secondary N) is 2. The van der Waals surface area contributed by atoms with Crippen LogP contribution in [-0.4, -0.2) is 84.4 Å². The summed E-state index contributed by atoms with van der Waals surface area (Å²) < 4.78 is 68.5. The van der Waals surface area contributed by atoms with Crippen LogP contribution < -0.4 is 19.5 Å². The molecule has 1 amide bonds. The minimum atomic E-state index is -3.63. The summed E-state index contributed by atoms with van der Waals surface area (Å²) in [5.74, 6) is 0.292. The molecule has 0 unspecified atom stereocenters. The van der Waals surface area contributed by atoms with Gasteiger partial charge in [0.2, 0.25) is 10.0 Å². The molecule has 0 spiro atoms. The predicted octanol–water partition coefficient (Wildman–Crippen LogP) is 7.32. The molecular formula is C42H49FN4O8S. The van der Waals surface area contributed by atoms with Crippen LogP contribution in [-0.2, 0) is 36.1 Å². The van der Waals surface area contributed by atoms with Gasteiger partial charge < -0.3 is 29.0 Å². The standard InChI is InChI=1S/C42H49FN4O8S/c1-27-8-9-30(41(48)46-37-23-32(42(2,3)4)24-38(40(37)52-6)47-56(7,49)50)22-35(27)29-10-11-36-31(21-29)26-44-39(45-36)20-28-18-33(43)25-34(19-28)55-17-16-54-15-14-53-13-12-51-5/h8-11,18-19,21-26,47H,12-17,20H2,1-7H3,(H,46,48). The van der Waals surface area contributed by atoms with Crippen LogP contribution in [0.1, 0.15) is 53.6 Å². The van der Waals surface area contributed by atoms with Crippen molar-refractivity contribution in [1.82, 2.24) is 9.97 Å². The van der Waals surface area contributed by atoms with Crippen molar-refractivity contribution < 1.29 is 41.3 Å². The van der Waals surface area contributed by atoms with E-state index in [0.29, 0.717) is 73.4 Å². The third-order valence-electron chi connectivity index (χ3n) is 8.74.